The molecule has 1 N–H and O–H groups in total. The van der Waals surface area contributed by atoms with E-state index in [0.717, 1.165) is 84.0 Å². The number of carbonyl (C=O) groups excluding carboxylic acids is 1. The standard InChI is InChI=1S/C37H42N6O3S/c1-25-7-10-29(11-8-25)47(45,46)40-32-22-27(23-39-35(32)43-19-13-28(14-20-43)42-17-4-3-5-18-42)26-9-12-31-30(21-26)34-33(24-38-31)41(2)36(44)37(34)15-6-16-37/h7-12,21-24,28,40H,3-6,13-20H2,1-2H3. The van der Waals surface area contributed by atoms with E-state index in [1.165, 1.54) is 32.4 Å². The molecule has 10 heteroatoms. The molecule has 3 fully saturated rings. The molecule has 2 saturated heterocycles. The van der Waals surface area contributed by atoms with Crippen LogP contribution in [0.5, 0.6) is 0 Å². The van der Waals surface area contributed by atoms with Gasteiger partial charge in [-0.1, -0.05) is 36.6 Å². The van der Waals surface area contributed by atoms with E-state index in [9.17, 15) is 13.2 Å². The fourth-order valence-electron chi connectivity index (χ4n) is 8.24. The van der Waals surface area contributed by atoms with E-state index in [4.69, 9.17) is 9.97 Å². The Kier molecular flexibility index (Phi) is 7.48. The Bertz CT molecular complexity index is 1960. The number of sulfonamides is 1. The van der Waals surface area contributed by atoms with Gasteiger partial charge < -0.3 is 14.7 Å². The Labute approximate surface area is 277 Å². The van der Waals surface area contributed by atoms with Crippen LogP contribution < -0.4 is 14.5 Å². The number of aryl methyl sites for hydroxylation is 1. The van der Waals surface area contributed by atoms with Crippen molar-refractivity contribution in [2.24, 2.45) is 0 Å². The summed E-state index contributed by atoms with van der Waals surface area (Å²) in [6, 6.07) is 15.5. The Morgan fingerprint density at radius 1 is 0.851 bits per heavy atom. The lowest BCUT2D eigenvalue weighted by Gasteiger charge is -2.41. The number of piperidine rings is 2. The van der Waals surface area contributed by atoms with Crippen molar-refractivity contribution >= 4 is 44.0 Å². The van der Waals surface area contributed by atoms with Crippen LogP contribution in [0.1, 0.15) is 62.5 Å². The zero-order chi connectivity index (χ0) is 32.3. The zero-order valence-corrected chi connectivity index (χ0v) is 28.0. The Morgan fingerprint density at radius 3 is 2.30 bits per heavy atom. The monoisotopic (exact) mass is 650 g/mol. The van der Waals surface area contributed by atoms with Gasteiger partial charge in [0.25, 0.3) is 10.0 Å². The number of likely N-dealkylation sites (tertiary alicyclic amines) is 1. The molecular weight excluding hydrogens is 609 g/mol. The van der Waals surface area contributed by atoms with Crippen molar-refractivity contribution in [3.63, 3.8) is 0 Å². The molecule has 4 aliphatic rings. The van der Waals surface area contributed by atoms with E-state index in [2.05, 4.69) is 20.6 Å². The molecule has 9 nitrogen and oxygen atoms in total. The van der Waals surface area contributed by atoms with Crippen LogP contribution in [0.15, 0.2) is 65.8 Å². The summed E-state index contributed by atoms with van der Waals surface area (Å²) in [6.07, 6.45) is 12.3. The number of rotatable bonds is 6. The van der Waals surface area contributed by atoms with Crippen LogP contribution in [0.25, 0.3) is 22.0 Å². The van der Waals surface area contributed by atoms with E-state index in [0.29, 0.717) is 17.5 Å². The predicted molar refractivity (Wildman–Crippen MR) is 187 cm³/mol. The lowest BCUT2D eigenvalue weighted by molar-refractivity contribution is -0.125. The predicted octanol–water partition coefficient (Wildman–Crippen LogP) is 6.26. The van der Waals surface area contributed by atoms with Crippen molar-refractivity contribution in [2.45, 2.75) is 74.6 Å². The van der Waals surface area contributed by atoms with Crippen LogP contribution in [0.2, 0.25) is 0 Å². The first-order chi connectivity index (χ1) is 22.7. The number of nitrogens with zero attached hydrogens (tertiary/aromatic N) is 5. The van der Waals surface area contributed by atoms with Gasteiger partial charge in [0, 0.05) is 48.9 Å². The molecule has 2 aromatic carbocycles. The highest BCUT2D eigenvalue weighted by molar-refractivity contribution is 7.92. The van der Waals surface area contributed by atoms with Gasteiger partial charge in [-0.3, -0.25) is 14.5 Å². The maximum absolute atomic E-state index is 13.7. The Hall–Kier alpha value is -4.02. The second-order valence-corrected chi connectivity index (χ2v) is 15.6. The van der Waals surface area contributed by atoms with E-state index in [-0.39, 0.29) is 10.8 Å². The summed E-state index contributed by atoms with van der Waals surface area (Å²) in [6.45, 7) is 5.94. The molecule has 0 radical (unpaired) electrons. The number of pyridine rings is 2. The molecule has 244 valence electrons. The number of aromatic nitrogens is 2. The van der Waals surface area contributed by atoms with Crippen molar-refractivity contribution in [1.82, 2.24) is 14.9 Å². The number of anilines is 3. The number of amides is 1. The minimum atomic E-state index is -3.86. The summed E-state index contributed by atoms with van der Waals surface area (Å²) in [5.41, 5.74) is 5.52. The van der Waals surface area contributed by atoms with E-state index in [1.807, 2.05) is 56.7 Å². The fourth-order valence-corrected chi connectivity index (χ4v) is 9.29. The molecule has 1 amide bonds. The number of hydrogen-bond acceptors (Lipinski definition) is 7. The van der Waals surface area contributed by atoms with Crippen LogP contribution in [-0.4, -0.2) is 68.5 Å². The smallest absolute Gasteiger partial charge is 0.262 e. The highest BCUT2D eigenvalue weighted by Crippen LogP contribution is 2.55. The van der Waals surface area contributed by atoms with Crippen LogP contribution in [0, 0.1) is 6.92 Å². The number of nitrogens with one attached hydrogen (secondary N) is 1. The van der Waals surface area contributed by atoms with Gasteiger partial charge in [-0.05, 0) is 94.4 Å². The number of carbonyl (C=O) groups is 1. The lowest BCUT2D eigenvalue weighted by atomic mass is 9.64. The van der Waals surface area contributed by atoms with Crippen molar-refractivity contribution in [1.29, 1.82) is 0 Å². The summed E-state index contributed by atoms with van der Waals surface area (Å²) in [5, 5.41) is 0.975. The maximum atomic E-state index is 13.7. The summed E-state index contributed by atoms with van der Waals surface area (Å²) in [5.74, 6) is 0.812. The van der Waals surface area contributed by atoms with Crippen LogP contribution >= 0.6 is 0 Å². The van der Waals surface area contributed by atoms with Gasteiger partial charge in [-0.2, -0.15) is 0 Å². The summed E-state index contributed by atoms with van der Waals surface area (Å²) in [7, 11) is -2.02. The Balaban J connectivity index is 1.17. The topological polar surface area (TPSA) is 98.7 Å². The van der Waals surface area contributed by atoms with E-state index in [1.54, 1.807) is 17.0 Å². The highest BCUT2D eigenvalue weighted by atomic mass is 32.2. The second-order valence-electron chi connectivity index (χ2n) is 13.9. The molecule has 4 aromatic rings. The van der Waals surface area contributed by atoms with Crippen molar-refractivity contribution < 1.29 is 13.2 Å². The molecule has 1 spiro atoms. The molecule has 5 heterocycles. The van der Waals surface area contributed by atoms with Crippen LogP contribution in [-0.2, 0) is 20.2 Å². The van der Waals surface area contributed by atoms with E-state index >= 15 is 0 Å². The van der Waals surface area contributed by atoms with Crippen LogP contribution in [0.4, 0.5) is 17.2 Å². The average Bonchev–Trinajstić information content (AvgIpc) is 3.31. The third-order valence-electron chi connectivity index (χ3n) is 11.1. The molecule has 0 bridgehead atoms. The number of benzene rings is 2. The largest absolute Gasteiger partial charge is 0.355 e. The minimum absolute atomic E-state index is 0.154. The number of likely N-dealkylation sites (N-methyl/N-ethyl adjacent to an activating group) is 1. The van der Waals surface area contributed by atoms with Gasteiger partial charge in [0.2, 0.25) is 5.91 Å². The molecule has 3 aliphatic heterocycles. The zero-order valence-electron chi connectivity index (χ0n) is 27.2. The van der Waals surface area contributed by atoms with Crippen molar-refractivity contribution in [3.05, 3.63) is 72.1 Å². The number of fused-ring (bicyclic) bond motifs is 4. The average molecular weight is 651 g/mol. The first kappa shape index (κ1) is 30.3. The first-order valence-corrected chi connectivity index (χ1v) is 18.5. The molecular formula is C37H42N6O3S. The molecule has 0 unspecified atom stereocenters. The SMILES string of the molecule is Cc1ccc(S(=O)(=O)Nc2cc(-c3ccc4ncc5c(c4c3)C3(CCC3)C(=O)N5C)cnc2N2CCC(N3CCCCC3)CC2)cc1. The van der Waals surface area contributed by atoms with Crippen molar-refractivity contribution in [2.75, 3.05) is 47.7 Å². The van der Waals surface area contributed by atoms with Crippen molar-refractivity contribution in [3.8, 4) is 11.1 Å². The minimum Gasteiger partial charge on any atom is -0.355 e. The molecule has 0 atom stereocenters. The van der Waals surface area contributed by atoms with Gasteiger partial charge >= 0.3 is 0 Å². The normalized spacial score (nSPS) is 20.1. The quantitative estimate of drug-likeness (QED) is 0.263. The maximum Gasteiger partial charge on any atom is 0.262 e. The van der Waals surface area contributed by atoms with E-state index < -0.39 is 15.4 Å². The summed E-state index contributed by atoms with van der Waals surface area (Å²) < 4.78 is 30.4. The summed E-state index contributed by atoms with van der Waals surface area (Å²) >= 11 is 0. The molecule has 8 rings (SSSR count). The fraction of sp³-hybridized carbons (Fsp3) is 0.432. The van der Waals surface area contributed by atoms with Gasteiger partial charge in [0.1, 0.15) is 0 Å². The highest BCUT2D eigenvalue weighted by Gasteiger charge is 2.54. The first-order valence-electron chi connectivity index (χ1n) is 17.0. The van der Waals surface area contributed by atoms with Gasteiger partial charge in [-0.15, -0.1) is 0 Å². The Morgan fingerprint density at radius 2 is 1.60 bits per heavy atom. The second kappa shape index (κ2) is 11.6. The van der Waals surface area contributed by atoms with Gasteiger partial charge in [0.15, 0.2) is 5.82 Å². The van der Waals surface area contributed by atoms with Gasteiger partial charge in [-0.25, -0.2) is 13.4 Å². The third kappa shape index (κ3) is 5.17. The lowest BCUT2D eigenvalue weighted by Crippen LogP contribution is -2.47. The molecule has 1 saturated carbocycles. The molecule has 1 aliphatic carbocycles. The third-order valence-corrected chi connectivity index (χ3v) is 12.4. The van der Waals surface area contributed by atoms with Crippen LogP contribution in [0.3, 0.4) is 0 Å². The number of hydrogen-bond donors (Lipinski definition) is 1. The summed E-state index contributed by atoms with van der Waals surface area (Å²) in [4.78, 5) is 29.9. The molecule has 2 aromatic heterocycles. The molecule has 47 heavy (non-hydrogen) atoms. The van der Waals surface area contributed by atoms with Gasteiger partial charge in [0.05, 0.1) is 33.4 Å².